The van der Waals surface area contributed by atoms with E-state index in [-0.39, 0.29) is 41.2 Å². The summed E-state index contributed by atoms with van der Waals surface area (Å²) >= 11 is 5.99. The first-order valence-electron chi connectivity index (χ1n) is 11.3. The van der Waals surface area contributed by atoms with Crippen LogP contribution in [-0.4, -0.2) is 64.7 Å². The maximum absolute atomic E-state index is 15.2. The van der Waals surface area contributed by atoms with Gasteiger partial charge in [0, 0.05) is 36.5 Å². The van der Waals surface area contributed by atoms with E-state index in [2.05, 4.69) is 10.1 Å². The molecule has 0 spiro atoms. The van der Waals surface area contributed by atoms with Crippen LogP contribution < -0.4 is 15.5 Å². The molecule has 0 radical (unpaired) electrons. The molecule has 37 heavy (non-hydrogen) atoms. The summed E-state index contributed by atoms with van der Waals surface area (Å²) in [6.07, 6.45) is -6.55. The standard InChI is InChI=1S/C23H22ClF4N5O3S/c24-14-3-1-13(2-4-14)9-33-10-15(29)12-37(34)19-8-17(25)16(7-18(19)33)21-30-22(36-31-21)32-5-6-35-20(11-32)23(26,27)28/h1-4,7-8,15,20H,5-6,9-12,29H2/t15-,20?,37?/m1/s1. The molecule has 198 valence electrons. The van der Waals surface area contributed by atoms with Gasteiger partial charge in [0.15, 0.2) is 6.10 Å². The summed E-state index contributed by atoms with van der Waals surface area (Å²) in [5.74, 6) is -0.722. The fourth-order valence-corrected chi connectivity index (χ4v) is 5.75. The van der Waals surface area contributed by atoms with Gasteiger partial charge in [0.2, 0.25) is 5.82 Å². The summed E-state index contributed by atoms with van der Waals surface area (Å²) in [5, 5.41) is 4.39. The average Bonchev–Trinajstić information content (AvgIpc) is 3.30. The predicted octanol–water partition coefficient (Wildman–Crippen LogP) is 3.75. The third kappa shape index (κ3) is 5.59. The van der Waals surface area contributed by atoms with E-state index < -0.39 is 41.5 Å². The Kier molecular flexibility index (Phi) is 7.14. The van der Waals surface area contributed by atoms with Crippen molar-refractivity contribution < 1.29 is 31.0 Å². The van der Waals surface area contributed by atoms with E-state index in [4.69, 9.17) is 26.6 Å². The minimum atomic E-state index is -4.55. The van der Waals surface area contributed by atoms with Gasteiger partial charge in [-0.15, -0.1) is 0 Å². The van der Waals surface area contributed by atoms with Gasteiger partial charge in [0.05, 0.1) is 40.1 Å². The number of aromatic nitrogens is 2. The van der Waals surface area contributed by atoms with Crippen LogP contribution in [0.3, 0.4) is 0 Å². The van der Waals surface area contributed by atoms with Crippen molar-refractivity contribution in [3.05, 3.63) is 52.8 Å². The molecular formula is C23H22ClF4N5O3S. The third-order valence-corrected chi connectivity index (χ3v) is 7.90. The minimum absolute atomic E-state index is 0.0389. The number of anilines is 2. The lowest BCUT2D eigenvalue weighted by atomic mass is 10.1. The lowest BCUT2D eigenvalue weighted by molar-refractivity contribution is -0.221. The Morgan fingerprint density at radius 3 is 2.68 bits per heavy atom. The van der Waals surface area contributed by atoms with Crippen LogP contribution in [0.1, 0.15) is 5.56 Å². The Balaban J connectivity index is 1.48. The van der Waals surface area contributed by atoms with Gasteiger partial charge >= 0.3 is 12.2 Å². The Morgan fingerprint density at radius 1 is 1.19 bits per heavy atom. The Bertz CT molecular complexity index is 1310. The molecule has 1 saturated heterocycles. The number of nitrogens with two attached hydrogens (primary N) is 1. The van der Waals surface area contributed by atoms with E-state index in [0.29, 0.717) is 23.8 Å². The highest BCUT2D eigenvalue weighted by molar-refractivity contribution is 7.85. The number of hydrogen-bond acceptors (Lipinski definition) is 8. The number of rotatable bonds is 4. The smallest absolute Gasteiger partial charge is 0.365 e. The zero-order valence-corrected chi connectivity index (χ0v) is 20.8. The lowest BCUT2D eigenvalue weighted by Gasteiger charge is -2.32. The van der Waals surface area contributed by atoms with Crippen LogP contribution in [0, 0.1) is 5.82 Å². The van der Waals surface area contributed by atoms with Gasteiger partial charge in [-0.2, -0.15) is 18.2 Å². The summed E-state index contributed by atoms with van der Waals surface area (Å²) in [6, 6.07) is 9.24. The zero-order valence-electron chi connectivity index (χ0n) is 19.3. The van der Waals surface area contributed by atoms with Crippen LogP contribution in [-0.2, 0) is 22.1 Å². The summed E-state index contributed by atoms with van der Waals surface area (Å²) in [4.78, 5) is 7.59. The van der Waals surface area contributed by atoms with Crippen LogP contribution >= 0.6 is 11.6 Å². The summed E-state index contributed by atoms with van der Waals surface area (Å²) in [6.45, 7) is 0.151. The van der Waals surface area contributed by atoms with Crippen molar-refractivity contribution in [2.45, 2.75) is 29.8 Å². The molecule has 0 saturated carbocycles. The molecule has 2 aliphatic heterocycles. The molecule has 3 heterocycles. The molecule has 5 rings (SSSR count). The molecule has 1 fully saturated rings. The molecule has 0 amide bonds. The van der Waals surface area contributed by atoms with Gasteiger partial charge in [-0.05, 0) is 29.8 Å². The number of fused-ring (bicyclic) bond motifs is 1. The normalized spacial score (nSPS) is 22.6. The van der Waals surface area contributed by atoms with Crippen molar-refractivity contribution in [3.63, 3.8) is 0 Å². The zero-order chi connectivity index (χ0) is 26.3. The van der Waals surface area contributed by atoms with E-state index in [1.54, 1.807) is 12.1 Å². The summed E-state index contributed by atoms with van der Waals surface area (Å²) in [5.41, 5.74) is 7.57. The number of benzene rings is 2. The first kappa shape index (κ1) is 25.9. The second-order valence-corrected chi connectivity index (χ2v) is 10.7. The van der Waals surface area contributed by atoms with Crippen molar-refractivity contribution in [2.75, 3.05) is 41.8 Å². The SMILES string of the molecule is N[C@@H]1CN(Cc2ccc(Cl)cc2)c2cc(-c3noc(N4CCOC(C(F)(F)F)C4)n3)c(F)cc2S(=O)C1. The molecule has 14 heteroatoms. The Labute approximate surface area is 216 Å². The number of ether oxygens (including phenoxy) is 1. The number of alkyl halides is 3. The minimum Gasteiger partial charge on any atom is -0.365 e. The molecule has 3 atom stereocenters. The predicted molar refractivity (Wildman–Crippen MR) is 129 cm³/mol. The van der Waals surface area contributed by atoms with Gasteiger partial charge in [0.25, 0.3) is 0 Å². The second-order valence-electron chi connectivity index (χ2n) is 8.83. The molecular weight excluding hydrogens is 538 g/mol. The second kappa shape index (κ2) is 10.2. The van der Waals surface area contributed by atoms with Crippen LogP contribution in [0.2, 0.25) is 5.02 Å². The van der Waals surface area contributed by atoms with E-state index in [1.807, 2.05) is 17.0 Å². The maximum Gasteiger partial charge on any atom is 0.416 e. The number of morpholine rings is 1. The fraction of sp³-hybridized carbons (Fsp3) is 0.391. The highest BCUT2D eigenvalue weighted by Gasteiger charge is 2.44. The van der Waals surface area contributed by atoms with Crippen molar-refractivity contribution in [2.24, 2.45) is 5.73 Å². The molecule has 2 unspecified atom stereocenters. The van der Waals surface area contributed by atoms with Gasteiger partial charge in [0.1, 0.15) is 5.82 Å². The van der Waals surface area contributed by atoms with E-state index >= 15 is 4.39 Å². The van der Waals surface area contributed by atoms with Gasteiger partial charge in [-0.3, -0.25) is 4.21 Å². The van der Waals surface area contributed by atoms with Gasteiger partial charge < -0.3 is 24.8 Å². The van der Waals surface area contributed by atoms with Crippen molar-refractivity contribution in [3.8, 4) is 11.4 Å². The van der Waals surface area contributed by atoms with Crippen LogP contribution in [0.25, 0.3) is 11.4 Å². The topological polar surface area (TPSA) is 97.7 Å². The fourth-order valence-electron chi connectivity index (χ4n) is 4.30. The molecule has 2 N–H and O–H groups in total. The van der Waals surface area contributed by atoms with Crippen LogP contribution in [0.4, 0.5) is 29.3 Å². The number of halogens is 5. The lowest BCUT2D eigenvalue weighted by Crippen LogP contribution is -2.49. The largest absolute Gasteiger partial charge is 0.416 e. The average molecular weight is 560 g/mol. The molecule has 8 nitrogen and oxygen atoms in total. The Morgan fingerprint density at radius 2 is 1.95 bits per heavy atom. The maximum atomic E-state index is 15.2. The molecule has 1 aromatic heterocycles. The summed E-state index contributed by atoms with van der Waals surface area (Å²) < 4.78 is 77.5. The quantitative estimate of drug-likeness (QED) is 0.483. The molecule has 0 bridgehead atoms. The molecule has 0 aliphatic carbocycles. The van der Waals surface area contributed by atoms with E-state index in [9.17, 15) is 17.4 Å². The van der Waals surface area contributed by atoms with Gasteiger partial charge in [-0.1, -0.05) is 28.9 Å². The number of hydrogen-bond donors (Lipinski definition) is 1. The molecule has 2 aromatic carbocycles. The van der Waals surface area contributed by atoms with Crippen molar-refractivity contribution in [1.82, 2.24) is 10.1 Å². The van der Waals surface area contributed by atoms with Crippen LogP contribution in [0.15, 0.2) is 45.8 Å². The van der Waals surface area contributed by atoms with Crippen molar-refractivity contribution >= 4 is 34.1 Å². The van der Waals surface area contributed by atoms with Gasteiger partial charge in [-0.25, -0.2) is 4.39 Å². The first-order valence-corrected chi connectivity index (χ1v) is 13.0. The van der Waals surface area contributed by atoms with Crippen molar-refractivity contribution in [1.29, 1.82) is 0 Å². The number of nitrogens with zero attached hydrogens (tertiary/aromatic N) is 4. The molecule has 3 aromatic rings. The first-order chi connectivity index (χ1) is 17.6. The van der Waals surface area contributed by atoms with E-state index in [0.717, 1.165) is 11.6 Å². The monoisotopic (exact) mass is 559 g/mol. The van der Waals surface area contributed by atoms with E-state index in [1.165, 1.54) is 11.0 Å². The summed E-state index contributed by atoms with van der Waals surface area (Å²) in [7, 11) is -1.55. The highest BCUT2D eigenvalue weighted by Crippen LogP contribution is 2.36. The van der Waals surface area contributed by atoms with Crippen LogP contribution in [0.5, 0.6) is 0 Å². The molecule has 2 aliphatic rings. The highest BCUT2D eigenvalue weighted by atomic mass is 35.5. The third-order valence-electron chi connectivity index (χ3n) is 6.10. The Hall–Kier alpha value is -2.74.